The third-order valence-corrected chi connectivity index (χ3v) is 2.13. The van der Waals surface area contributed by atoms with Gasteiger partial charge in [0.2, 0.25) is 0 Å². The van der Waals surface area contributed by atoms with Gasteiger partial charge in [-0.25, -0.2) is 0 Å². The summed E-state index contributed by atoms with van der Waals surface area (Å²) in [7, 11) is -3.78. The lowest BCUT2D eigenvalue weighted by Crippen LogP contribution is -2.13. The molecule has 4 nitrogen and oxygen atoms in total. The number of alkyl halides is 3. The highest BCUT2D eigenvalue weighted by Crippen LogP contribution is 2.30. The molecule has 0 radical (unpaired) electrons. The van der Waals surface area contributed by atoms with E-state index in [0.29, 0.717) is 0 Å². The topological polar surface area (TPSA) is 56.3 Å². The monoisotopic (exact) mass is 255 g/mol. The Morgan fingerprint density at radius 1 is 1.44 bits per heavy atom. The molecular weight excluding hydrogens is 247 g/mol. The van der Waals surface area contributed by atoms with E-state index in [4.69, 9.17) is 0 Å². The maximum atomic E-state index is 12.4. The molecule has 16 heavy (non-hydrogen) atoms. The van der Waals surface area contributed by atoms with E-state index >= 15 is 0 Å². The Kier molecular flexibility index (Phi) is 3.54. The van der Waals surface area contributed by atoms with Crippen molar-refractivity contribution < 1.29 is 25.8 Å². The molecule has 0 saturated heterocycles. The van der Waals surface area contributed by atoms with Crippen LogP contribution in [0.3, 0.4) is 0 Å². The predicted octanol–water partition coefficient (Wildman–Crippen LogP) is 1.58. The van der Waals surface area contributed by atoms with Gasteiger partial charge >= 0.3 is 6.18 Å². The van der Waals surface area contributed by atoms with Crippen molar-refractivity contribution in [3.63, 3.8) is 0 Å². The summed E-state index contributed by atoms with van der Waals surface area (Å²) >= 11 is 0. The minimum atomic E-state index is -4.63. The van der Waals surface area contributed by atoms with E-state index < -0.39 is 28.6 Å². The normalized spacial score (nSPS) is 12.8. The first kappa shape index (κ1) is 12.9. The maximum Gasteiger partial charge on any atom is 0.433 e. The summed E-state index contributed by atoms with van der Waals surface area (Å²) in [5, 5.41) is 0. The Morgan fingerprint density at radius 2 is 2.06 bits per heavy atom. The Balaban J connectivity index is 2.97. The van der Waals surface area contributed by atoms with Gasteiger partial charge in [-0.1, -0.05) is 6.07 Å². The minimum absolute atomic E-state index is 0.319. The zero-order valence-electron chi connectivity index (χ0n) is 8.15. The van der Waals surface area contributed by atoms with E-state index in [1.807, 2.05) is 0 Å². The summed E-state index contributed by atoms with van der Waals surface area (Å²) in [6.45, 7) is -0.679. The molecule has 0 N–H and O–H groups in total. The molecule has 0 aliphatic heterocycles. The molecule has 90 valence electrons. The number of pyridine rings is 1. The van der Waals surface area contributed by atoms with Gasteiger partial charge in [0.1, 0.15) is 5.69 Å². The molecule has 0 fully saturated rings. The summed E-state index contributed by atoms with van der Waals surface area (Å²) < 4.78 is 62.8. The van der Waals surface area contributed by atoms with Crippen molar-refractivity contribution in [1.29, 1.82) is 0 Å². The van der Waals surface area contributed by atoms with Gasteiger partial charge in [-0.05, 0) is 6.07 Å². The molecule has 1 heterocycles. The van der Waals surface area contributed by atoms with Crippen LogP contribution in [0.25, 0.3) is 0 Å². The van der Waals surface area contributed by atoms with Gasteiger partial charge in [-0.2, -0.15) is 21.6 Å². The first-order valence-corrected chi connectivity index (χ1v) is 5.87. The average Bonchev–Trinajstić information content (AvgIpc) is 2.12. The van der Waals surface area contributed by atoms with E-state index in [9.17, 15) is 21.6 Å². The van der Waals surface area contributed by atoms with Gasteiger partial charge in [-0.15, -0.1) is 0 Å². The van der Waals surface area contributed by atoms with E-state index in [1.165, 1.54) is 6.07 Å². The molecule has 0 saturated carbocycles. The SMILES string of the molecule is CS(=O)(=O)OCc1cccnc1C(F)(F)F. The Hall–Kier alpha value is -1.15. The Morgan fingerprint density at radius 3 is 2.56 bits per heavy atom. The highest BCUT2D eigenvalue weighted by atomic mass is 32.2. The van der Waals surface area contributed by atoms with E-state index in [1.54, 1.807) is 0 Å². The highest BCUT2D eigenvalue weighted by molar-refractivity contribution is 7.85. The molecule has 0 atom stereocenters. The number of hydrogen-bond acceptors (Lipinski definition) is 4. The summed E-state index contributed by atoms with van der Waals surface area (Å²) in [5.41, 5.74) is -1.46. The Bertz CT molecular complexity index is 470. The number of hydrogen-bond donors (Lipinski definition) is 0. The highest BCUT2D eigenvalue weighted by Gasteiger charge is 2.35. The second-order valence-electron chi connectivity index (χ2n) is 2.98. The first-order chi connectivity index (χ1) is 7.20. The van der Waals surface area contributed by atoms with Crippen LogP contribution in [-0.2, 0) is 27.1 Å². The van der Waals surface area contributed by atoms with Crippen LogP contribution in [0.2, 0.25) is 0 Å². The van der Waals surface area contributed by atoms with Crippen LogP contribution in [-0.4, -0.2) is 19.7 Å². The minimum Gasteiger partial charge on any atom is -0.265 e. The standard InChI is InChI=1S/C8H8F3NO3S/c1-16(13,14)15-5-6-3-2-4-12-7(6)8(9,10)11/h2-4H,5H2,1H3. The molecule has 0 spiro atoms. The van der Waals surface area contributed by atoms with Crippen LogP contribution in [0.4, 0.5) is 13.2 Å². The van der Waals surface area contributed by atoms with Gasteiger partial charge in [0.15, 0.2) is 0 Å². The van der Waals surface area contributed by atoms with Crippen molar-refractivity contribution in [3.05, 3.63) is 29.6 Å². The number of nitrogens with zero attached hydrogens (tertiary/aromatic N) is 1. The van der Waals surface area contributed by atoms with Crippen LogP contribution in [0.5, 0.6) is 0 Å². The summed E-state index contributed by atoms with van der Waals surface area (Å²) in [4.78, 5) is 3.15. The van der Waals surface area contributed by atoms with Crippen LogP contribution in [0.1, 0.15) is 11.3 Å². The molecule has 0 bridgehead atoms. The van der Waals surface area contributed by atoms with Crippen LogP contribution < -0.4 is 0 Å². The molecule has 1 aromatic heterocycles. The molecule has 0 aromatic carbocycles. The molecule has 1 rings (SSSR count). The van der Waals surface area contributed by atoms with Crippen molar-refractivity contribution >= 4 is 10.1 Å². The lowest BCUT2D eigenvalue weighted by Gasteiger charge is -2.10. The fourth-order valence-electron chi connectivity index (χ4n) is 0.981. The predicted molar refractivity (Wildman–Crippen MR) is 48.9 cm³/mol. The van der Waals surface area contributed by atoms with Crippen molar-refractivity contribution in [2.45, 2.75) is 12.8 Å². The van der Waals surface area contributed by atoms with Crippen molar-refractivity contribution in [2.75, 3.05) is 6.26 Å². The molecular formula is C8H8F3NO3S. The number of rotatable bonds is 3. The second kappa shape index (κ2) is 4.38. The smallest absolute Gasteiger partial charge is 0.265 e. The van der Waals surface area contributed by atoms with Crippen molar-refractivity contribution in [2.24, 2.45) is 0 Å². The van der Waals surface area contributed by atoms with Gasteiger partial charge in [0, 0.05) is 11.8 Å². The lowest BCUT2D eigenvalue weighted by atomic mass is 10.2. The average molecular weight is 255 g/mol. The van der Waals surface area contributed by atoms with Gasteiger partial charge in [-0.3, -0.25) is 9.17 Å². The Labute approximate surface area is 90.2 Å². The molecule has 0 aliphatic rings. The third-order valence-electron chi connectivity index (χ3n) is 1.59. The van der Waals surface area contributed by atoms with Gasteiger partial charge in [0.05, 0.1) is 12.9 Å². The summed E-state index contributed by atoms with van der Waals surface area (Å²) in [6, 6.07) is 2.39. The van der Waals surface area contributed by atoms with E-state index in [0.717, 1.165) is 18.5 Å². The first-order valence-electron chi connectivity index (χ1n) is 4.05. The van der Waals surface area contributed by atoms with Crippen molar-refractivity contribution in [3.8, 4) is 0 Å². The zero-order chi connectivity index (χ0) is 12.4. The number of aromatic nitrogens is 1. The van der Waals surface area contributed by atoms with Crippen LogP contribution >= 0.6 is 0 Å². The second-order valence-corrected chi connectivity index (χ2v) is 4.62. The largest absolute Gasteiger partial charge is 0.433 e. The molecule has 0 aliphatic carbocycles. The van der Waals surface area contributed by atoms with Crippen LogP contribution in [0.15, 0.2) is 18.3 Å². The molecule has 1 aromatic rings. The molecule has 8 heteroatoms. The molecule has 0 unspecified atom stereocenters. The molecule has 0 amide bonds. The van der Waals surface area contributed by atoms with Crippen LogP contribution in [0, 0.1) is 0 Å². The fraction of sp³-hybridized carbons (Fsp3) is 0.375. The maximum absolute atomic E-state index is 12.4. The summed E-state index contributed by atoms with van der Waals surface area (Å²) in [5.74, 6) is 0. The van der Waals surface area contributed by atoms with E-state index in [-0.39, 0.29) is 5.56 Å². The summed E-state index contributed by atoms with van der Waals surface area (Å²) in [6.07, 6.45) is -2.89. The van der Waals surface area contributed by atoms with E-state index in [2.05, 4.69) is 9.17 Å². The lowest BCUT2D eigenvalue weighted by molar-refractivity contribution is -0.142. The van der Waals surface area contributed by atoms with Crippen molar-refractivity contribution in [1.82, 2.24) is 4.98 Å². The van der Waals surface area contributed by atoms with Gasteiger partial charge < -0.3 is 0 Å². The fourth-order valence-corrected chi connectivity index (χ4v) is 1.32. The third kappa shape index (κ3) is 3.78. The van der Waals surface area contributed by atoms with Gasteiger partial charge in [0.25, 0.3) is 10.1 Å². The zero-order valence-corrected chi connectivity index (χ0v) is 8.97. The number of halogens is 3. The quantitative estimate of drug-likeness (QED) is 0.769.